The first-order valence-electron chi connectivity index (χ1n) is 7.59. The van der Waals surface area contributed by atoms with Gasteiger partial charge in [-0.2, -0.15) is 0 Å². The van der Waals surface area contributed by atoms with Crippen molar-refractivity contribution >= 4 is 29.9 Å². The topological polar surface area (TPSA) is 76.4 Å². The zero-order valence-corrected chi connectivity index (χ0v) is 16.9. The number of aliphatic imine (C=N–C) groups is 1. The van der Waals surface area contributed by atoms with Crippen molar-refractivity contribution in [1.29, 1.82) is 0 Å². The fraction of sp³-hybridized carbons (Fsp3) is 0.438. The first-order valence-corrected chi connectivity index (χ1v) is 7.59. The van der Waals surface area contributed by atoms with Gasteiger partial charge in [0, 0.05) is 14.1 Å². The first-order chi connectivity index (χ1) is 11.1. The van der Waals surface area contributed by atoms with Gasteiger partial charge in [-0.15, -0.1) is 34.2 Å². The fourth-order valence-corrected chi connectivity index (χ4v) is 1.96. The van der Waals surface area contributed by atoms with E-state index in [1.54, 1.807) is 7.05 Å². The van der Waals surface area contributed by atoms with Crippen LogP contribution in [0.4, 0.5) is 0 Å². The molecule has 0 amide bonds. The predicted molar refractivity (Wildman–Crippen MR) is 106 cm³/mol. The smallest absolute Gasteiger partial charge is 0.191 e. The van der Waals surface area contributed by atoms with Crippen molar-refractivity contribution in [2.75, 3.05) is 20.2 Å². The maximum atomic E-state index is 5.67. The van der Waals surface area contributed by atoms with E-state index in [0.717, 1.165) is 17.4 Å². The van der Waals surface area contributed by atoms with Crippen LogP contribution in [0.15, 0.2) is 29.3 Å². The molecular weight excluding hydrogens is 419 g/mol. The summed E-state index contributed by atoms with van der Waals surface area (Å²) in [5.74, 6) is 3.32. The molecule has 0 spiro atoms. The lowest BCUT2D eigenvalue weighted by Gasteiger charge is -2.12. The molecule has 2 N–H and O–H groups in total. The second kappa shape index (κ2) is 10.1. The summed E-state index contributed by atoms with van der Waals surface area (Å²) < 4.78 is 7.61. The summed E-state index contributed by atoms with van der Waals surface area (Å²) >= 11 is 0. The Kier molecular flexibility index (Phi) is 8.51. The minimum atomic E-state index is 0. The summed E-state index contributed by atoms with van der Waals surface area (Å²) in [7, 11) is 3.68. The van der Waals surface area contributed by atoms with Gasteiger partial charge in [0.1, 0.15) is 18.2 Å². The zero-order chi connectivity index (χ0) is 16.7. The van der Waals surface area contributed by atoms with Crippen LogP contribution in [0.5, 0.6) is 5.75 Å². The van der Waals surface area contributed by atoms with Crippen LogP contribution in [-0.4, -0.2) is 40.9 Å². The molecule has 7 nitrogen and oxygen atoms in total. The van der Waals surface area contributed by atoms with Gasteiger partial charge in [0.15, 0.2) is 11.8 Å². The summed E-state index contributed by atoms with van der Waals surface area (Å²) in [6.07, 6.45) is 0. The van der Waals surface area contributed by atoms with E-state index in [4.69, 9.17) is 4.74 Å². The molecule has 0 fully saturated rings. The van der Waals surface area contributed by atoms with Crippen LogP contribution in [0.3, 0.4) is 0 Å². The number of guanidine groups is 1. The zero-order valence-electron chi connectivity index (χ0n) is 14.5. The van der Waals surface area contributed by atoms with Crippen molar-refractivity contribution in [1.82, 2.24) is 25.4 Å². The molecule has 0 unspecified atom stereocenters. The Bertz CT molecular complexity index is 653. The van der Waals surface area contributed by atoms with E-state index in [0.29, 0.717) is 25.7 Å². The van der Waals surface area contributed by atoms with Crippen molar-refractivity contribution in [3.8, 4) is 5.75 Å². The molecule has 0 saturated carbocycles. The third-order valence-corrected chi connectivity index (χ3v) is 3.50. The number of hydrogen-bond acceptors (Lipinski definition) is 4. The number of aromatic nitrogens is 3. The highest BCUT2D eigenvalue weighted by atomic mass is 127. The van der Waals surface area contributed by atoms with Gasteiger partial charge in [0.05, 0.1) is 13.1 Å². The summed E-state index contributed by atoms with van der Waals surface area (Å²) in [6.45, 7) is 5.76. The Balaban J connectivity index is 0.00000288. The van der Waals surface area contributed by atoms with Gasteiger partial charge < -0.3 is 19.9 Å². The molecule has 1 aromatic heterocycles. The molecule has 1 aromatic carbocycles. The van der Waals surface area contributed by atoms with Crippen LogP contribution in [0.25, 0.3) is 0 Å². The number of nitrogens with zero attached hydrogens (tertiary/aromatic N) is 4. The monoisotopic (exact) mass is 444 g/mol. The van der Waals surface area contributed by atoms with Crippen molar-refractivity contribution in [3.05, 3.63) is 41.5 Å². The average molecular weight is 444 g/mol. The molecule has 2 aromatic rings. The summed E-state index contributed by atoms with van der Waals surface area (Å²) in [5.41, 5.74) is 1.22. The summed E-state index contributed by atoms with van der Waals surface area (Å²) in [6, 6.07) is 8.01. The van der Waals surface area contributed by atoms with E-state index in [1.165, 1.54) is 5.56 Å². The quantitative estimate of drug-likeness (QED) is 0.308. The van der Waals surface area contributed by atoms with E-state index in [9.17, 15) is 0 Å². The van der Waals surface area contributed by atoms with Crippen molar-refractivity contribution in [2.45, 2.75) is 20.4 Å². The Morgan fingerprint density at radius 1 is 1.17 bits per heavy atom. The lowest BCUT2D eigenvalue weighted by molar-refractivity contribution is 0.322. The van der Waals surface area contributed by atoms with Crippen LogP contribution in [-0.2, 0) is 13.6 Å². The average Bonchev–Trinajstić information content (AvgIpc) is 2.88. The highest BCUT2D eigenvalue weighted by molar-refractivity contribution is 14.0. The molecule has 24 heavy (non-hydrogen) atoms. The normalized spacial score (nSPS) is 10.9. The third-order valence-electron chi connectivity index (χ3n) is 3.50. The number of halogens is 1. The first kappa shape index (κ1) is 20.2. The second-order valence-electron chi connectivity index (χ2n) is 5.24. The molecule has 0 aliphatic heterocycles. The van der Waals surface area contributed by atoms with Gasteiger partial charge >= 0.3 is 0 Å². The fourth-order valence-electron chi connectivity index (χ4n) is 1.96. The molecule has 0 aliphatic carbocycles. The Hall–Kier alpha value is -1.84. The van der Waals surface area contributed by atoms with E-state index in [1.807, 2.05) is 42.8 Å². The highest BCUT2D eigenvalue weighted by Crippen LogP contribution is 2.10. The lowest BCUT2D eigenvalue weighted by atomic mass is 10.2. The van der Waals surface area contributed by atoms with Crippen molar-refractivity contribution in [3.63, 3.8) is 0 Å². The SMILES string of the molecule is CN=C(NCCOc1ccc(C)cc1)NCc1nnc(C)n1C.I. The van der Waals surface area contributed by atoms with Gasteiger partial charge in [0.2, 0.25) is 0 Å². The van der Waals surface area contributed by atoms with Crippen molar-refractivity contribution in [2.24, 2.45) is 12.0 Å². The van der Waals surface area contributed by atoms with Crippen LogP contribution in [0.2, 0.25) is 0 Å². The standard InChI is InChI=1S/C16H24N6O.HI/c1-12-5-7-14(8-6-12)23-10-9-18-16(17-3)19-11-15-21-20-13(2)22(15)4;/h5-8H,9-11H2,1-4H3,(H2,17,18,19);1H. The number of benzene rings is 1. The molecule has 0 atom stereocenters. The largest absolute Gasteiger partial charge is 0.492 e. The lowest BCUT2D eigenvalue weighted by Crippen LogP contribution is -2.39. The Morgan fingerprint density at radius 2 is 1.88 bits per heavy atom. The molecular formula is C16H25IN6O. The third kappa shape index (κ3) is 5.99. The van der Waals surface area contributed by atoms with E-state index in [2.05, 4.69) is 32.7 Å². The minimum absolute atomic E-state index is 0. The molecule has 0 aliphatic rings. The number of rotatable bonds is 6. The maximum Gasteiger partial charge on any atom is 0.191 e. The molecule has 2 rings (SSSR count). The summed E-state index contributed by atoms with van der Waals surface area (Å²) in [5, 5.41) is 14.5. The van der Waals surface area contributed by atoms with Crippen LogP contribution in [0, 0.1) is 13.8 Å². The molecule has 0 radical (unpaired) electrons. The number of nitrogens with one attached hydrogen (secondary N) is 2. The van der Waals surface area contributed by atoms with Gasteiger partial charge in [-0.05, 0) is 26.0 Å². The van der Waals surface area contributed by atoms with E-state index >= 15 is 0 Å². The van der Waals surface area contributed by atoms with E-state index in [-0.39, 0.29) is 24.0 Å². The number of aryl methyl sites for hydroxylation is 2. The van der Waals surface area contributed by atoms with Crippen LogP contribution >= 0.6 is 24.0 Å². The Labute approximate surface area is 159 Å². The Morgan fingerprint density at radius 3 is 2.46 bits per heavy atom. The predicted octanol–water partition coefficient (Wildman–Crippen LogP) is 1.79. The van der Waals surface area contributed by atoms with Gasteiger partial charge in [0.25, 0.3) is 0 Å². The molecule has 0 saturated heterocycles. The molecule has 8 heteroatoms. The van der Waals surface area contributed by atoms with Crippen molar-refractivity contribution < 1.29 is 4.74 Å². The minimum Gasteiger partial charge on any atom is -0.492 e. The highest BCUT2D eigenvalue weighted by Gasteiger charge is 2.05. The second-order valence-corrected chi connectivity index (χ2v) is 5.24. The van der Waals surface area contributed by atoms with Crippen LogP contribution < -0.4 is 15.4 Å². The molecule has 1 heterocycles. The van der Waals surface area contributed by atoms with Gasteiger partial charge in [-0.3, -0.25) is 4.99 Å². The van der Waals surface area contributed by atoms with Gasteiger partial charge in [-0.1, -0.05) is 17.7 Å². The molecule has 132 valence electrons. The van der Waals surface area contributed by atoms with E-state index < -0.39 is 0 Å². The molecule has 0 bridgehead atoms. The summed E-state index contributed by atoms with van der Waals surface area (Å²) in [4.78, 5) is 4.18. The number of ether oxygens (including phenoxy) is 1. The van der Waals surface area contributed by atoms with Crippen LogP contribution in [0.1, 0.15) is 17.2 Å². The maximum absolute atomic E-state index is 5.67. The van der Waals surface area contributed by atoms with Gasteiger partial charge in [-0.25, -0.2) is 0 Å². The number of hydrogen-bond donors (Lipinski definition) is 2.